The summed E-state index contributed by atoms with van der Waals surface area (Å²) in [5.74, 6) is 0.745. The number of aryl methyl sites for hydroxylation is 1. The van der Waals surface area contributed by atoms with Crippen LogP contribution in [0.3, 0.4) is 0 Å². The number of anilines is 1. The van der Waals surface area contributed by atoms with Crippen LogP contribution in [0.1, 0.15) is 31.9 Å². The Morgan fingerprint density at radius 1 is 1.41 bits per heavy atom. The van der Waals surface area contributed by atoms with Crippen LogP contribution in [0.25, 0.3) is 11.4 Å². The molecule has 0 aliphatic rings. The molecule has 0 aliphatic heterocycles. The van der Waals surface area contributed by atoms with Gasteiger partial charge in [-0.15, -0.1) is 5.10 Å². The van der Waals surface area contributed by atoms with Crippen molar-refractivity contribution in [1.82, 2.24) is 20.2 Å². The molecule has 2 rings (SSSR count). The van der Waals surface area contributed by atoms with Crippen molar-refractivity contribution >= 4 is 5.69 Å². The van der Waals surface area contributed by atoms with Gasteiger partial charge in [0.1, 0.15) is 0 Å². The van der Waals surface area contributed by atoms with Crippen molar-refractivity contribution in [2.45, 2.75) is 33.2 Å². The third kappa shape index (κ3) is 2.00. The van der Waals surface area contributed by atoms with E-state index < -0.39 is 0 Å². The van der Waals surface area contributed by atoms with Gasteiger partial charge in [0, 0.05) is 11.3 Å². The second-order valence-electron chi connectivity index (χ2n) is 4.24. The fourth-order valence-electron chi connectivity index (χ4n) is 1.82. The lowest BCUT2D eigenvalue weighted by Crippen LogP contribution is -2.09. The van der Waals surface area contributed by atoms with E-state index in [2.05, 4.69) is 29.4 Å². The molecule has 0 amide bonds. The smallest absolute Gasteiger partial charge is 0.184 e. The summed E-state index contributed by atoms with van der Waals surface area (Å²) in [5, 5.41) is 11.9. The summed E-state index contributed by atoms with van der Waals surface area (Å²) in [6, 6.07) is 6.09. The summed E-state index contributed by atoms with van der Waals surface area (Å²) in [4.78, 5) is 0. The van der Waals surface area contributed by atoms with Gasteiger partial charge >= 0.3 is 0 Å². The van der Waals surface area contributed by atoms with Crippen LogP contribution in [0.5, 0.6) is 0 Å². The average Bonchev–Trinajstić information content (AvgIpc) is 2.77. The third-order valence-corrected chi connectivity index (χ3v) is 3.03. The Morgan fingerprint density at radius 3 is 2.82 bits per heavy atom. The number of tetrazole rings is 1. The molecule has 0 saturated carbocycles. The molecule has 1 aromatic carbocycles. The number of aromatic nitrogens is 4. The van der Waals surface area contributed by atoms with Crippen molar-refractivity contribution in [3.63, 3.8) is 0 Å². The second kappa shape index (κ2) is 4.53. The first-order valence-corrected chi connectivity index (χ1v) is 5.78. The van der Waals surface area contributed by atoms with Crippen molar-refractivity contribution in [1.29, 1.82) is 0 Å². The monoisotopic (exact) mass is 231 g/mol. The summed E-state index contributed by atoms with van der Waals surface area (Å²) >= 11 is 0. The van der Waals surface area contributed by atoms with Crippen molar-refractivity contribution in [3.05, 3.63) is 23.8 Å². The Balaban J connectivity index is 2.58. The van der Waals surface area contributed by atoms with E-state index in [0.717, 1.165) is 23.4 Å². The highest BCUT2D eigenvalue weighted by atomic mass is 15.5. The molecule has 5 nitrogen and oxygen atoms in total. The minimum absolute atomic E-state index is 0.263. The van der Waals surface area contributed by atoms with Crippen molar-refractivity contribution in [3.8, 4) is 11.4 Å². The van der Waals surface area contributed by atoms with Crippen LogP contribution in [-0.2, 0) is 0 Å². The number of nitrogens with zero attached hydrogens (tertiary/aromatic N) is 4. The van der Waals surface area contributed by atoms with Gasteiger partial charge < -0.3 is 5.73 Å². The van der Waals surface area contributed by atoms with Gasteiger partial charge in [0.05, 0.1) is 6.04 Å². The molecular formula is C12H17N5. The molecule has 90 valence electrons. The van der Waals surface area contributed by atoms with Crippen LogP contribution in [0.4, 0.5) is 5.69 Å². The highest BCUT2D eigenvalue weighted by molar-refractivity contribution is 5.74. The van der Waals surface area contributed by atoms with Gasteiger partial charge in [-0.2, -0.15) is 0 Å². The van der Waals surface area contributed by atoms with Gasteiger partial charge in [0.2, 0.25) is 0 Å². The number of nitrogen functional groups attached to an aromatic ring is 1. The van der Waals surface area contributed by atoms with Crippen LogP contribution in [0, 0.1) is 6.92 Å². The molecule has 17 heavy (non-hydrogen) atoms. The Bertz CT molecular complexity index is 497. The fraction of sp³-hybridized carbons (Fsp3) is 0.417. The van der Waals surface area contributed by atoms with Crippen LogP contribution >= 0.6 is 0 Å². The third-order valence-electron chi connectivity index (χ3n) is 3.03. The van der Waals surface area contributed by atoms with Gasteiger partial charge in [0.25, 0.3) is 0 Å². The van der Waals surface area contributed by atoms with Gasteiger partial charge in [-0.3, -0.25) is 0 Å². The van der Waals surface area contributed by atoms with Crippen LogP contribution in [0.15, 0.2) is 18.2 Å². The minimum Gasteiger partial charge on any atom is -0.398 e. The molecule has 1 unspecified atom stereocenters. The Hall–Kier alpha value is -1.91. The standard InChI is InChI=1S/C12H17N5/c1-4-9(3)17-12(14-15-16-17)11-8(2)6-5-7-10(11)13/h5-7,9H,4,13H2,1-3H3. The largest absolute Gasteiger partial charge is 0.398 e. The van der Waals surface area contributed by atoms with E-state index in [9.17, 15) is 0 Å². The molecule has 0 spiro atoms. The van der Waals surface area contributed by atoms with E-state index in [-0.39, 0.29) is 6.04 Å². The van der Waals surface area contributed by atoms with Crippen LogP contribution < -0.4 is 5.73 Å². The summed E-state index contributed by atoms with van der Waals surface area (Å²) in [6.45, 7) is 6.22. The molecular weight excluding hydrogens is 214 g/mol. The lowest BCUT2D eigenvalue weighted by Gasteiger charge is -2.13. The zero-order valence-electron chi connectivity index (χ0n) is 10.4. The molecule has 2 aromatic rings. The van der Waals surface area contributed by atoms with E-state index in [0.29, 0.717) is 5.69 Å². The summed E-state index contributed by atoms with van der Waals surface area (Å²) in [6.07, 6.45) is 0.976. The predicted octanol–water partition coefficient (Wildman–Crippen LogP) is 2.20. The van der Waals surface area contributed by atoms with E-state index in [1.165, 1.54) is 0 Å². The molecule has 0 radical (unpaired) electrons. The number of rotatable bonds is 3. The Morgan fingerprint density at radius 2 is 2.18 bits per heavy atom. The molecule has 1 aromatic heterocycles. The number of nitrogens with two attached hydrogens (primary N) is 1. The first kappa shape index (κ1) is 11.6. The molecule has 0 fully saturated rings. The molecule has 2 N–H and O–H groups in total. The average molecular weight is 231 g/mol. The topological polar surface area (TPSA) is 69.6 Å². The quantitative estimate of drug-likeness (QED) is 0.822. The van der Waals surface area contributed by atoms with E-state index >= 15 is 0 Å². The van der Waals surface area contributed by atoms with E-state index in [4.69, 9.17) is 5.73 Å². The zero-order chi connectivity index (χ0) is 12.4. The maximum atomic E-state index is 6.01. The van der Waals surface area contributed by atoms with Gasteiger partial charge in [-0.25, -0.2) is 4.68 Å². The van der Waals surface area contributed by atoms with Gasteiger partial charge in [-0.05, 0) is 42.3 Å². The van der Waals surface area contributed by atoms with Crippen LogP contribution in [0.2, 0.25) is 0 Å². The van der Waals surface area contributed by atoms with Crippen LogP contribution in [-0.4, -0.2) is 20.2 Å². The van der Waals surface area contributed by atoms with Crippen molar-refractivity contribution in [2.75, 3.05) is 5.73 Å². The molecule has 5 heteroatoms. The molecule has 0 saturated heterocycles. The molecule has 1 heterocycles. The first-order valence-electron chi connectivity index (χ1n) is 5.78. The minimum atomic E-state index is 0.263. The zero-order valence-corrected chi connectivity index (χ0v) is 10.4. The number of hydrogen-bond donors (Lipinski definition) is 1. The molecule has 0 aliphatic carbocycles. The summed E-state index contributed by atoms with van der Waals surface area (Å²) in [7, 11) is 0. The highest BCUT2D eigenvalue weighted by Gasteiger charge is 2.16. The van der Waals surface area contributed by atoms with Crippen molar-refractivity contribution in [2.24, 2.45) is 0 Å². The lowest BCUT2D eigenvalue weighted by molar-refractivity contribution is 0.469. The maximum Gasteiger partial charge on any atom is 0.184 e. The Kier molecular flexibility index (Phi) is 3.08. The molecule has 0 bridgehead atoms. The Labute approximate surface area is 101 Å². The summed E-state index contributed by atoms with van der Waals surface area (Å²) < 4.78 is 1.83. The number of benzene rings is 1. The first-order chi connectivity index (χ1) is 8.15. The van der Waals surface area contributed by atoms with Gasteiger partial charge in [-0.1, -0.05) is 19.1 Å². The van der Waals surface area contributed by atoms with E-state index in [1.54, 1.807) is 0 Å². The van der Waals surface area contributed by atoms with Gasteiger partial charge in [0.15, 0.2) is 5.82 Å². The lowest BCUT2D eigenvalue weighted by atomic mass is 10.1. The van der Waals surface area contributed by atoms with Crippen molar-refractivity contribution < 1.29 is 0 Å². The maximum absolute atomic E-state index is 6.01. The predicted molar refractivity (Wildman–Crippen MR) is 67.4 cm³/mol. The summed E-state index contributed by atoms with van der Waals surface area (Å²) in [5.41, 5.74) is 8.74. The molecule has 1 atom stereocenters. The highest BCUT2D eigenvalue weighted by Crippen LogP contribution is 2.28. The fourth-order valence-corrected chi connectivity index (χ4v) is 1.82. The normalized spacial score (nSPS) is 12.6. The van der Waals surface area contributed by atoms with E-state index in [1.807, 2.05) is 29.8 Å². The second-order valence-corrected chi connectivity index (χ2v) is 4.24. The number of hydrogen-bond acceptors (Lipinski definition) is 4. The SMILES string of the molecule is CCC(C)n1nnnc1-c1c(C)cccc1N.